The van der Waals surface area contributed by atoms with Crippen molar-refractivity contribution in [3.63, 3.8) is 0 Å². The number of benzene rings is 2. The number of carbonyl (C=O) groups is 1. The summed E-state index contributed by atoms with van der Waals surface area (Å²) in [5, 5.41) is 15.3. The summed E-state index contributed by atoms with van der Waals surface area (Å²) in [7, 11) is 1.63. The van der Waals surface area contributed by atoms with Crippen molar-refractivity contribution >= 4 is 22.8 Å². The monoisotopic (exact) mass is 362 g/mol. The number of para-hydroxylation sites is 1. The van der Waals surface area contributed by atoms with E-state index in [2.05, 4.69) is 20.7 Å². The van der Waals surface area contributed by atoms with E-state index < -0.39 is 0 Å². The number of nitrogens with zero attached hydrogens (tertiary/aromatic N) is 5. The lowest BCUT2D eigenvalue weighted by Crippen LogP contribution is -2.21. The quantitative estimate of drug-likeness (QED) is 0.569. The van der Waals surface area contributed by atoms with Crippen LogP contribution in [0.5, 0.6) is 5.75 Å². The molecule has 2 aromatic carbocycles. The van der Waals surface area contributed by atoms with Crippen LogP contribution in [-0.4, -0.2) is 37.8 Å². The van der Waals surface area contributed by atoms with Gasteiger partial charge in [0.1, 0.15) is 23.6 Å². The van der Waals surface area contributed by atoms with Crippen molar-refractivity contribution in [3.8, 4) is 5.75 Å². The third-order valence-corrected chi connectivity index (χ3v) is 4.19. The molecule has 8 heteroatoms. The molecule has 0 bridgehead atoms. The van der Waals surface area contributed by atoms with E-state index in [9.17, 15) is 4.79 Å². The lowest BCUT2D eigenvalue weighted by Gasteiger charge is -2.10. The van der Waals surface area contributed by atoms with Gasteiger partial charge in [0, 0.05) is 6.07 Å². The van der Waals surface area contributed by atoms with E-state index in [0.717, 1.165) is 22.3 Å². The molecular weight excluding hydrogens is 344 g/mol. The molecular formula is C19H18N6O2. The molecule has 0 aliphatic heterocycles. The molecule has 2 aromatic heterocycles. The first-order valence-electron chi connectivity index (χ1n) is 8.46. The number of hydrogen-bond donors (Lipinski definition) is 1. The first kappa shape index (κ1) is 16.8. The van der Waals surface area contributed by atoms with Crippen LogP contribution in [0, 0.1) is 0 Å². The van der Waals surface area contributed by atoms with Gasteiger partial charge >= 0.3 is 0 Å². The zero-order valence-corrected chi connectivity index (χ0v) is 14.7. The maximum Gasteiger partial charge on any atom is 0.247 e. The number of fused-ring (bicyclic) bond motifs is 1. The Balaban J connectivity index is 1.45. The predicted molar refractivity (Wildman–Crippen MR) is 100 cm³/mol. The topological polar surface area (TPSA) is 86.9 Å². The van der Waals surface area contributed by atoms with Crippen LogP contribution in [0.4, 0.5) is 5.82 Å². The van der Waals surface area contributed by atoms with Gasteiger partial charge in [0.25, 0.3) is 0 Å². The Morgan fingerprint density at radius 1 is 1.07 bits per heavy atom. The molecule has 8 nitrogen and oxygen atoms in total. The SMILES string of the molecule is COc1ccc(Cn2nccc2NC(=O)Cn2nnc3ccccc32)cc1. The predicted octanol–water partition coefficient (Wildman–Crippen LogP) is 2.32. The fourth-order valence-corrected chi connectivity index (χ4v) is 2.82. The molecule has 0 saturated heterocycles. The lowest BCUT2D eigenvalue weighted by molar-refractivity contribution is -0.116. The second-order valence-electron chi connectivity index (χ2n) is 6.01. The summed E-state index contributed by atoms with van der Waals surface area (Å²) in [6.45, 7) is 0.618. The molecule has 0 aliphatic rings. The molecule has 2 heterocycles. The van der Waals surface area contributed by atoms with E-state index in [4.69, 9.17) is 4.74 Å². The third kappa shape index (κ3) is 3.64. The minimum absolute atomic E-state index is 0.0776. The highest BCUT2D eigenvalue weighted by atomic mass is 16.5. The highest BCUT2D eigenvalue weighted by Gasteiger charge is 2.11. The lowest BCUT2D eigenvalue weighted by atomic mass is 10.2. The molecule has 0 radical (unpaired) electrons. The van der Waals surface area contributed by atoms with Crippen LogP contribution in [-0.2, 0) is 17.9 Å². The van der Waals surface area contributed by atoms with Crippen LogP contribution in [0.1, 0.15) is 5.56 Å². The summed E-state index contributed by atoms with van der Waals surface area (Å²) in [5.74, 6) is 1.23. The Bertz CT molecular complexity index is 1070. The van der Waals surface area contributed by atoms with E-state index in [0.29, 0.717) is 12.4 Å². The summed E-state index contributed by atoms with van der Waals surface area (Å²) >= 11 is 0. The molecule has 0 spiro atoms. The van der Waals surface area contributed by atoms with Crippen molar-refractivity contribution in [3.05, 3.63) is 66.4 Å². The zero-order valence-electron chi connectivity index (χ0n) is 14.7. The minimum Gasteiger partial charge on any atom is -0.497 e. The highest BCUT2D eigenvalue weighted by Crippen LogP contribution is 2.15. The normalized spacial score (nSPS) is 10.9. The smallest absolute Gasteiger partial charge is 0.247 e. The van der Waals surface area contributed by atoms with Crippen LogP contribution in [0.2, 0.25) is 0 Å². The van der Waals surface area contributed by atoms with Gasteiger partial charge in [-0.15, -0.1) is 5.10 Å². The van der Waals surface area contributed by atoms with Crippen molar-refractivity contribution in [2.75, 3.05) is 12.4 Å². The van der Waals surface area contributed by atoms with Gasteiger partial charge in [-0.25, -0.2) is 9.36 Å². The van der Waals surface area contributed by atoms with Crippen molar-refractivity contribution < 1.29 is 9.53 Å². The Morgan fingerprint density at radius 2 is 1.89 bits per heavy atom. The number of methoxy groups -OCH3 is 1. The summed E-state index contributed by atoms with van der Waals surface area (Å²) in [5.41, 5.74) is 2.63. The van der Waals surface area contributed by atoms with Crippen LogP contribution < -0.4 is 10.1 Å². The molecule has 0 atom stereocenters. The molecule has 27 heavy (non-hydrogen) atoms. The molecule has 0 unspecified atom stereocenters. The highest BCUT2D eigenvalue weighted by molar-refractivity contribution is 5.90. The Hall–Kier alpha value is -3.68. The summed E-state index contributed by atoms with van der Waals surface area (Å²) in [6, 6.07) is 17.0. The molecule has 0 saturated carbocycles. The molecule has 4 aromatic rings. The number of aromatic nitrogens is 5. The second kappa shape index (κ2) is 7.28. The van der Waals surface area contributed by atoms with Gasteiger partial charge in [-0.1, -0.05) is 29.5 Å². The number of rotatable bonds is 6. The standard InChI is InChI=1S/C19H18N6O2/c1-27-15-8-6-14(7-9-15)12-25-18(10-11-20-25)21-19(26)13-24-17-5-3-2-4-16(17)22-23-24/h2-11H,12-13H2,1H3,(H,21,26). The summed E-state index contributed by atoms with van der Waals surface area (Å²) < 4.78 is 8.48. The fourth-order valence-electron chi connectivity index (χ4n) is 2.82. The number of amides is 1. The number of nitrogens with one attached hydrogen (secondary N) is 1. The average Bonchev–Trinajstić information content (AvgIpc) is 3.30. The van der Waals surface area contributed by atoms with Crippen molar-refractivity contribution in [1.29, 1.82) is 0 Å². The second-order valence-corrected chi connectivity index (χ2v) is 6.01. The van der Waals surface area contributed by atoms with Crippen molar-refractivity contribution in [1.82, 2.24) is 24.8 Å². The molecule has 4 rings (SSSR count). The Morgan fingerprint density at radius 3 is 2.70 bits per heavy atom. The Kier molecular flexibility index (Phi) is 4.52. The van der Waals surface area contributed by atoms with Crippen LogP contribution in [0.15, 0.2) is 60.8 Å². The van der Waals surface area contributed by atoms with Gasteiger partial charge in [-0.05, 0) is 29.8 Å². The third-order valence-electron chi connectivity index (χ3n) is 4.19. The number of ether oxygens (including phenoxy) is 1. The maximum absolute atomic E-state index is 12.5. The molecule has 0 aliphatic carbocycles. The fraction of sp³-hybridized carbons (Fsp3) is 0.158. The van der Waals surface area contributed by atoms with E-state index in [1.165, 1.54) is 0 Å². The number of carbonyl (C=O) groups excluding carboxylic acids is 1. The molecule has 136 valence electrons. The van der Waals surface area contributed by atoms with Gasteiger partial charge in [0.05, 0.1) is 25.4 Å². The first-order chi connectivity index (χ1) is 13.2. The maximum atomic E-state index is 12.5. The number of anilines is 1. The van der Waals surface area contributed by atoms with Gasteiger partial charge in [0.15, 0.2) is 0 Å². The van der Waals surface area contributed by atoms with Crippen molar-refractivity contribution in [2.24, 2.45) is 0 Å². The Labute approximate surface area is 155 Å². The largest absolute Gasteiger partial charge is 0.497 e. The molecule has 1 N–H and O–H groups in total. The summed E-state index contributed by atoms with van der Waals surface area (Å²) in [6.07, 6.45) is 1.66. The van der Waals surface area contributed by atoms with Crippen molar-refractivity contribution in [2.45, 2.75) is 13.1 Å². The molecule has 0 fully saturated rings. The van der Waals surface area contributed by atoms with E-state index in [1.807, 2.05) is 48.5 Å². The van der Waals surface area contributed by atoms with Gasteiger partial charge in [-0.2, -0.15) is 5.10 Å². The summed E-state index contributed by atoms with van der Waals surface area (Å²) in [4.78, 5) is 12.5. The average molecular weight is 362 g/mol. The van der Waals surface area contributed by atoms with Gasteiger partial charge in [-0.3, -0.25) is 4.79 Å². The first-order valence-corrected chi connectivity index (χ1v) is 8.46. The van der Waals surface area contributed by atoms with Crippen LogP contribution >= 0.6 is 0 Å². The molecule has 1 amide bonds. The minimum atomic E-state index is -0.192. The van der Waals surface area contributed by atoms with E-state index in [-0.39, 0.29) is 12.5 Å². The van der Waals surface area contributed by atoms with E-state index in [1.54, 1.807) is 28.7 Å². The zero-order chi connectivity index (χ0) is 18.6. The van der Waals surface area contributed by atoms with E-state index >= 15 is 0 Å². The van der Waals surface area contributed by atoms with Crippen LogP contribution in [0.3, 0.4) is 0 Å². The van der Waals surface area contributed by atoms with Gasteiger partial charge < -0.3 is 10.1 Å². The number of hydrogen-bond acceptors (Lipinski definition) is 5. The van der Waals surface area contributed by atoms with Crippen LogP contribution in [0.25, 0.3) is 11.0 Å². The van der Waals surface area contributed by atoms with Gasteiger partial charge in [0.2, 0.25) is 5.91 Å².